The molecule has 1 aliphatic rings. The number of phosphoric acid groups is 2. The molecule has 1 saturated heterocycles. The maximum Gasteiger partial charge on any atom is 0.481 e. The molecule has 446 valence electrons. The number of ether oxygens (including phenoxy) is 3. The number of carbonyl (C=O) groups excluding carboxylic acids is 3. The highest BCUT2D eigenvalue weighted by Crippen LogP contribution is 2.60. The van der Waals surface area contributed by atoms with Gasteiger partial charge in [-0.15, -0.1) is 0 Å². The van der Waals surface area contributed by atoms with E-state index in [9.17, 15) is 48.3 Å². The van der Waals surface area contributed by atoms with E-state index < -0.39 is 83.7 Å². The molecule has 0 spiro atoms. The van der Waals surface area contributed by atoms with Crippen LogP contribution in [0.25, 0.3) is 0 Å². The molecule has 0 saturated carbocycles. The van der Waals surface area contributed by atoms with Gasteiger partial charge in [-0.05, 0) is 56.6 Å². The molecule has 0 aliphatic carbocycles. The Morgan fingerprint density at radius 3 is 1.86 bits per heavy atom. The number of aromatic nitrogens is 2. The molecule has 21 heteroatoms. The highest BCUT2D eigenvalue weighted by molar-refractivity contribution is 7.61. The smallest absolute Gasteiger partial charge is 0.462 e. The fourth-order valence-corrected chi connectivity index (χ4v) is 10.6. The fraction of sp³-hybridized carbons (Fsp3) is 0.737. The number of hydrogen-bond donors (Lipinski definition) is 5. The number of rotatable bonds is 48. The fourth-order valence-electron chi connectivity index (χ4n) is 8.53. The van der Waals surface area contributed by atoms with Crippen molar-refractivity contribution in [1.82, 2.24) is 9.55 Å². The summed E-state index contributed by atoms with van der Waals surface area (Å²) in [5.74, 6) is -0.396. The predicted molar refractivity (Wildman–Crippen MR) is 303 cm³/mol. The molecule has 0 bridgehead atoms. The number of anilines is 1. The second kappa shape index (κ2) is 43.2. The van der Waals surface area contributed by atoms with Gasteiger partial charge in [-0.25, -0.2) is 13.9 Å². The third-order valence-corrected chi connectivity index (χ3v) is 16.0. The largest absolute Gasteiger partial charge is 0.481 e. The van der Waals surface area contributed by atoms with Crippen LogP contribution in [0.5, 0.6) is 0 Å². The van der Waals surface area contributed by atoms with E-state index in [1.54, 1.807) is 12.2 Å². The van der Waals surface area contributed by atoms with Gasteiger partial charge in [-0.1, -0.05) is 198 Å². The Morgan fingerprint density at radius 1 is 0.705 bits per heavy atom. The predicted octanol–water partition coefficient (Wildman–Crippen LogP) is 12.3. The zero-order chi connectivity index (χ0) is 57.3. The van der Waals surface area contributed by atoms with Crippen LogP contribution in [-0.2, 0) is 51.1 Å². The van der Waals surface area contributed by atoms with Gasteiger partial charge < -0.3 is 39.9 Å². The number of phosphoric ester groups is 2. The first kappa shape index (κ1) is 70.5. The van der Waals surface area contributed by atoms with E-state index in [0.717, 1.165) is 68.0 Å². The number of esters is 2. The minimum atomic E-state index is -5.45. The maximum absolute atomic E-state index is 12.9. The molecule has 19 nitrogen and oxygen atoms in total. The molecule has 2 heterocycles. The summed E-state index contributed by atoms with van der Waals surface area (Å²) in [5.41, 5.74) is 4.59. The molecule has 3 unspecified atom stereocenters. The summed E-state index contributed by atoms with van der Waals surface area (Å²) in [7, 11) is -10.9. The average molecular weight is 1140 g/mol. The van der Waals surface area contributed by atoms with Crippen LogP contribution >= 0.6 is 15.6 Å². The molecule has 78 heavy (non-hydrogen) atoms. The lowest BCUT2D eigenvalue weighted by molar-refractivity contribution is -0.161. The van der Waals surface area contributed by atoms with Crippen molar-refractivity contribution in [3.8, 4) is 0 Å². The van der Waals surface area contributed by atoms with Crippen LogP contribution in [0.3, 0.4) is 0 Å². The third-order valence-electron chi connectivity index (χ3n) is 13.4. The Balaban J connectivity index is 1.77. The lowest BCUT2D eigenvalue weighted by atomic mass is 9.99. The number of hydrogen-bond acceptors (Lipinski definition) is 16. The van der Waals surface area contributed by atoms with Gasteiger partial charge in [0, 0.05) is 25.5 Å². The third kappa shape index (κ3) is 35.2. The standard InChI is InChI=1S/C57H97N3O16P2/c1-4-6-32-38-48(61)39-34-29-25-21-17-15-19-22-26-30-35-40-52(62)71-44-49(74-53(63)41-36-31-27-23-18-14-12-10-8-7-9-11-13-16-20-24-28-33-37-47(3)5-2)45-72-77(67,68)76-78(69,70)73-46-50-54(64)55(65)56(75-50)60-43-42-51(58)59-57(60)66/h15,17,22,25-26,29,34,39,42-43,47,49-50,54-56,64-65H,4-14,16,18-21,23-24,27-28,30-33,35-38,40-41,44-46H2,1-3H3,(H,67,68)(H,69,70)(H2,58,59,66)/b17-15-,26-22-,29-25-,39-34+/t47?,49-,50-,54-,55-,56-/m1/s1. The number of nitrogens with two attached hydrogens (primary N) is 1. The summed E-state index contributed by atoms with van der Waals surface area (Å²) in [5, 5.41) is 21.0. The summed E-state index contributed by atoms with van der Waals surface area (Å²) in [6, 6.07) is 1.24. The van der Waals surface area contributed by atoms with Crippen molar-refractivity contribution in [1.29, 1.82) is 0 Å². The van der Waals surface area contributed by atoms with Gasteiger partial charge in [0.05, 0.1) is 13.2 Å². The number of allylic oxidation sites excluding steroid dienone is 8. The van der Waals surface area contributed by atoms with Crippen LogP contribution in [0.4, 0.5) is 5.82 Å². The second-order valence-electron chi connectivity index (χ2n) is 20.4. The molecular weight excluding hydrogens is 1040 g/mol. The molecule has 1 aromatic heterocycles. The number of aliphatic hydroxyl groups excluding tert-OH is 2. The number of unbranched alkanes of at least 4 members (excludes halogenated alkanes) is 20. The highest BCUT2D eigenvalue weighted by atomic mass is 31.3. The molecule has 1 fully saturated rings. The van der Waals surface area contributed by atoms with Gasteiger partial charge in [0.1, 0.15) is 30.7 Å². The molecule has 6 N–H and O–H groups in total. The van der Waals surface area contributed by atoms with Crippen LogP contribution in [0.2, 0.25) is 0 Å². The minimum Gasteiger partial charge on any atom is -0.462 e. The Morgan fingerprint density at radius 2 is 1.26 bits per heavy atom. The molecule has 0 radical (unpaired) electrons. The molecule has 1 aromatic rings. The zero-order valence-corrected chi connectivity index (χ0v) is 48.9. The van der Waals surface area contributed by atoms with Crippen molar-refractivity contribution in [2.75, 3.05) is 25.6 Å². The van der Waals surface area contributed by atoms with Gasteiger partial charge >= 0.3 is 33.3 Å². The van der Waals surface area contributed by atoms with Gasteiger partial charge in [0.2, 0.25) is 0 Å². The Kier molecular flexibility index (Phi) is 39.0. The number of nitrogens with zero attached hydrogens (tertiary/aromatic N) is 2. The summed E-state index contributed by atoms with van der Waals surface area (Å²) >= 11 is 0. The zero-order valence-electron chi connectivity index (χ0n) is 47.1. The van der Waals surface area contributed by atoms with E-state index >= 15 is 0 Å². The van der Waals surface area contributed by atoms with E-state index in [2.05, 4.69) is 30.1 Å². The molecular formula is C57H97N3O16P2. The van der Waals surface area contributed by atoms with E-state index in [1.807, 2.05) is 36.5 Å². The SMILES string of the molecule is CCCCCC(=O)/C=C/C=C\C/C=C\C/C=C\CCCC(=O)OC[C@H](COP(=O)(O)OP(=O)(O)OC[C@H]1O[C@@H](n2ccc(N)nc2=O)[C@H](O)[C@@H]1O)OC(=O)CCCCCCCCCCCCCCCCCCCCC(C)CC. The van der Waals surface area contributed by atoms with E-state index in [4.69, 9.17) is 29.0 Å². The van der Waals surface area contributed by atoms with Crippen molar-refractivity contribution in [2.45, 2.75) is 244 Å². The second-order valence-corrected chi connectivity index (χ2v) is 23.5. The number of ketones is 1. The van der Waals surface area contributed by atoms with E-state index in [-0.39, 0.29) is 24.4 Å². The first-order valence-electron chi connectivity index (χ1n) is 29.0. The monoisotopic (exact) mass is 1140 g/mol. The minimum absolute atomic E-state index is 0.0254. The van der Waals surface area contributed by atoms with Crippen molar-refractivity contribution < 1.29 is 71.1 Å². The van der Waals surface area contributed by atoms with E-state index in [0.29, 0.717) is 32.1 Å². The maximum atomic E-state index is 12.9. The van der Waals surface area contributed by atoms with E-state index in [1.165, 1.54) is 102 Å². The first-order valence-corrected chi connectivity index (χ1v) is 32.0. The van der Waals surface area contributed by atoms with Gasteiger partial charge in [0.15, 0.2) is 18.1 Å². The van der Waals surface area contributed by atoms with Crippen molar-refractivity contribution in [3.63, 3.8) is 0 Å². The molecule has 8 atom stereocenters. The van der Waals surface area contributed by atoms with Crippen LogP contribution in [0.15, 0.2) is 65.7 Å². The topological polar surface area (TPSA) is 283 Å². The van der Waals surface area contributed by atoms with Gasteiger partial charge in [-0.3, -0.25) is 28.0 Å². The lowest BCUT2D eigenvalue weighted by Gasteiger charge is -2.21. The van der Waals surface area contributed by atoms with Crippen LogP contribution in [0, 0.1) is 5.92 Å². The van der Waals surface area contributed by atoms with Crippen molar-refractivity contribution in [2.24, 2.45) is 5.92 Å². The van der Waals surface area contributed by atoms with Crippen molar-refractivity contribution in [3.05, 3.63) is 71.4 Å². The quantitative estimate of drug-likeness (QED) is 0.0101. The molecule has 0 amide bonds. The summed E-state index contributed by atoms with van der Waals surface area (Å²) in [6.45, 7) is 4.34. The number of nitrogen functional groups attached to an aromatic ring is 1. The Hall–Kier alpha value is -3.61. The van der Waals surface area contributed by atoms with Crippen LogP contribution < -0.4 is 11.4 Å². The first-order chi connectivity index (χ1) is 37.5. The molecule has 2 rings (SSSR count). The summed E-state index contributed by atoms with van der Waals surface area (Å²) < 4.78 is 56.9. The average Bonchev–Trinajstić information content (AvgIpc) is 3.71. The van der Waals surface area contributed by atoms with Crippen LogP contribution in [-0.4, -0.2) is 91.5 Å². The van der Waals surface area contributed by atoms with Gasteiger partial charge in [-0.2, -0.15) is 9.29 Å². The van der Waals surface area contributed by atoms with Gasteiger partial charge in [0.25, 0.3) is 0 Å². The molecule has 1 aliphatic heterocycles. The molecule has 0 aromatic carbocycles. The Labute approximate surface area is 465 Å². The highest BCUT2D eigenvalue weighted by Gasteiger charge is 2.46. The Bertz CT molecular complexity index is 2080. The summed E-state index contributed by atoms with van der Waals surface area (Å²) in [6.07, 6.45) is 38.8. The normalized spacial score (nSPS) is 19.2. The number of aliphatic hydroxyl groups is 2. The lowest BCUT2D eigenvalue weighted by Crippen LogP contribution is -2.36. The van der Waals surface area contributed by atoms with Crippen molar-refractivity contribution >= 4 is 39.2 Å². The van der Waals surface area contributed by atoms with Crippen LogP contribution in [0.1, 0.15) is 220 Å². The summed E-state index contributed by atoms with van der Waals surface area (Å²) in [4.78, 5) is 73.9. The number of carbonyl (C=O) groups is 3.